The Labute approximate surface area is 110 Å². The standard InChI is InChI=1S/C10H15N5O3S/c1-6-10(7(2)14-13-6)19(16,17)11-5-4-9-12-8(3)15-18-9/h11H,4-5H2,1-3H3,(H,13,14). The van der Waals surface area contributed by atoms with Crippen LogP contribution in [0.4, 0.5) is 0 Å². The molecule has 104 valence electrons. The highest BCUT2D eigenvalue weighted by molar-refractivity contribution is 7.89. The molecule has 0 saturated heterocycles. The van der Waals surface area contributed by atoms with Crippen molar-refractivity contribution in [2.75, 3.05) is 6.54 Å². The van der Waals surface area contributed by atoms with E-state index in [4.69, 9.17) is 4.52 Å². The van der Waals surface area contributed by atoms with Crippen LogP contribution in [0.2, 0.25) is 0 Å². The van der Waals surface area contributed by atoms with E-state index in [2.05, 4.69) is 25.1 Å². The molecular weight excluding hydrogens is 270 g/mol. The van der Waals surface area contributed by atoms with Gasteiger partial charge in [0.05, 0.1) is 11.4 Å². The van der Waals surface area contributed by atoms with Gasteiger partial charge in [-0.05, 0) is 20.8 Å². The van der Waals surface area contributed by atoms with Crippen LogP contribution in [0.15, 0.2) is 9.42 Å². The van der Waals surface area contributed by atoms with Crippen molar-refractivity contribution in [1.82, 2.24) is 25.1 Å². The molecule has 0 aromatic carbocycles. The number of H-pyrrole nitrogens is 1. The van der Waals surface area contributed by atoms with Crippen LogP contribution in [0.25, 0.3) is 0 Å². The van der Waals surface area contributed by atoms with Gasteiger partial charge in [0.1, 0.15) is 4.90 Å². The third-order valence-electron chi connectivity index (χ3n) is 2.53. The molecule has 2 heterocycles. The molecule has 2 aromatic heterocycles. The normalized spacial score (nSPS) is 11.9. The zero-order valence-corrected chi connectivity index (χ0v) is 11.7. The highest BCUT2D eigenvalue weighted by Crippen LogP contribution is 2.15. The topological polar surface area (TPSA) is 114 Å². The summed E-state index contributed by atoms with van der Waals surface area (Å²) >= 11 is 0. The van der Waals surface area contributed by atoms with E-state index in [1.807, 2.05) is 0 Å². The fourth-order valence-electron chi connectivity index (χ4n) is 1.74. The third-order valence-corrected chi connectivity index (χ3v) is 4.25. The lowest BCUT2D eigenvalue weighted by molar-refractivity contribution is 0.375. The smallest absolute Gasteiger partial charge is 0.244 e. The first-order valence-corrected chi connectivity index (χ1v) is 7.19. The van der Waals surface area contributed by atoms with Crippen LogP contribution in [0.3, 0.4) is 0 Å². The maximum Gasteiger partial charge on any atom is 0.244 e. The monoisotopic (exact) mass is 285 g/mol. The molecule has 0 bridgehead atoms. The number of aromatic nitrogens is 4. The molecule has 0 aliphatic carbocycles. The van der Waals surface area contributed by atoms with Crippen molar-refractivity contribution in [3.05, 3.63) is 23.1 Å². The van der Waals surface area contributed by atoms with Crippen molar-refractivity contribution in [2.45, 2.75) is 32.1 Å². The lowest BCUT2D eigenvalue weighted by Crippen LogP contribution is -2.27. The number of rotatable bonds is 5. The second kappa shape index (κ2) is 5.10. The molecule has 0 radical (unpaired) electrons. The minimum atomic E-state index is -3.58. The Morgan fingerprint density at radius 1 is 1.32 bits per heavy atom. The lowest BCUT2D eigenvalue weighted by atomic mass is 10.4. The van der Waals surface area contributed by atoms with E-state index in [0.29, 0.717) is 29.5 Å². The molecule has 0 amide bonds. The van der Waals surface area contributed by atoms with Gasteiger partial charge in [-0.1, -0.05) is 5.16 Å². The summed E-state index contributed by atoms with van der Waals surface area (Å²) in [6.07, 6.45) is 0.343. The molecule has 19 heavy (non-hydrogen) atoms. The van der Waals surface area contributed by atoms with Crippen molar-refractivity contribution < 1.29 is 12.9 Å². The number of hydrogen-bond acceptors (Lipinski definition) is 6. The van der Waals surface area contributed by atoms with E-state index in [0.717, 1.165) is 0 Å². The minimum absolute atomic E-state index is 0.189. The molecule has 8 nitrogen and oxygen atoms in total. The highest BCUT2D eigenvalue weighted by Gasteiger charge is 2.21. The predicted octanol–water partition coefficient (Wildman–Crippen LogP) is 0.239. The van der Waals surface area contributed by atoms with Crippen molar-refractivity contribution in [3.8, 4) is 0 Å². The number of aromatic amines is 1. The quantitative estimate of drug-likeness (QED) is 0.813. The maximum absolute atomic E-state index is 12.1. The molecule has 0 atom stereocenters. The van der Waals surface area contributed by atoms with E-state index >= 15 is 0 Å². The van der Waals surface area contributed by atoms with Gasteiger partial charge in [-0.15, -0.1) is 0 Å². The molecule has 0 aliphatic heterocycles. The molecule has 0 spiro atoms. The molecular formula is C10H15N5O3S. The van der Waals surface area contributed by atoms with Crippen molar-refractivity contribution in [1.29, 1.82) is 0 Å². The Morgan fingerprint density at radius 3 is 2.58 bits per heavy atom. The second-order valence-corrected chi connectivity index (χ2v) is 5.85. The number of sulfonamides is 1. The lowest BCUT2D eigenvalue weighted by Gasteiger charge is -2.05. The van der Waals surface area contributed by atoms with Gasteiger partial charge in [-0.2, -0.15) is 10.1 Å². The van der Waals surface area contributed by atoms with E-state index in [9.17, 15) is 8.42 Å². The van der Waals surface area contributed by atoms with E-state index in [-0.39, 0.29) is 11.4 Å². The van der Waals surface area contributed by atoms with Crippen LogP contribution < -0.4 is 4.72 Å². The first-order chi connectivity index (χ1) is 8.90. The summed E-state index contributed by atoms with van der Waals surface area (Å²) in [5.41, 5.74) is 0.956. The van der Waals surface area contributed by atoms with Gasteiger partial charge in [-0.25, -0.2) is 13.1 Å². The Balaban J connectivity index is 2.03. The average molecular weight is 285 g/mol. The summed E-state index contributed by atoms with van der Waals surface area (Å²) in [6, 6.07) is 0. The number of hydrogen-bond donors (Lipinski definition) is 2. The largest absolute Gasteiger partial charge is 0.339 e. The maximum atomic E-state index is 12.1. The molecule has 0 unspecified atom stereocenters. The van der Waals surface area contributed by atoms with Gasteiger partial charge in [0.15, 0.2) is 5.82 Å². The van der Waals surface area contributed by atoms with Gasteiger partial charge in [0.25, 0.3) is 0 Å². The van der Waals surface area contributed by atoms with Crippen LogP contribution in [-0.2, 0) is 16.4 Å². The van der Waals surface area contributed by atoms with Crippen LogP contribution in [0.5, 0.6) is 0 Å². The summed E-state index contributed by atoms with van der Waals surface area (Å²) in [5, 5.41) is 10.1. The second-order valence-electron chi connectivity index (χ2n) is 4.15. The number of nitrogens with one attached hydrogen (secondary N) is 2. The Kier molecular flexibility index (Phi) is 3.67. The minimum Gasteiger partial charge on any atom is -0.339 e. The predicted molar refractivity (Wildman–Crippen MR) is 66.0 cm³/mol. The van der Waals surface area contributed by atoms with Crippen molar-refractivity contribution >= 4 is 10.0 Å². The van der Waals surface area contributed by atoms with Crippen LogP contribution in [0, 0.1) is 20.8 Å². The Morgan fingerprint density at radius 2 is 2.05 bits per heavy atom. The van der Waals surface area contributed by atoms with Crippen LogP contribution in [0.1, 0.15) is 23.1 Å². The van der Waals surface area contributed by atoms with E-state index < -0.39 is 10.0 Å². The van der Waals surface area contributed by atoms with Crippen LogP contribution >= 0.6 is 0 Å². The summed E-state index contributed by atoms with van der Waals surface area (Å²) < 4.78 is 31.6. The van der Waals surface area contributed by atoms with Gasteiger partial charge in [0, 0.05) is 13.0 Å². The fraction of sp³-hybridized carbons (Fsp3) is 0.500. The molecule has 0 aliphatic rings. The van der Waals surface area contributed by atoms with Crippen LogP contribution in [-0.4, -0.2) is 35.3 Å². The first kappa shape index (κ1) is 13.7. The van der Waals surface area contributed by atoms with Gasteiger partial charge < -0.3 is 4.52 Å². The van der Waals surface area contributed by atoms with E-state index in [1.54, 1.807) is 20.8 Å². The van der Waals surface area contributed by atoms with Gasteiger partial charge in [0.2, 0.25) is 15.9 Å². The molecule has 0 saturated carbocycles. The molecule has 2 N–H and O–H groups in total. The zero-order chi connectivity index (χ0) is 14.0. The Bertz CT molecular complexity index is 654. The summed E-state index contributed by atoms with van der Waals surface area (Å²) in [7, 11) is -3.58. The van der Waals surface area contributed by atoms with Crippen molar-refractivity contribution in [2.24, 2.45) is 0 Å². The summed E-state index contributed by atoms with van der Waals surface area (Å²) in [4.78, 5) is 4.19. The zero-order valence-electron chi connectivity index (χ0n) is 10.9. The summed E-state index contributed by atoms with van der Waals surface area (Å²) in [5.74, 6) is 0.931. The highest BCUT2D eigenvalue weighted by atomic mass is 32.2. The fourth-order valence-corrected chi connectivity index (χ4v) is 3.14. The SMILES string of the molecule is Cc1noc(CCNS(=O)(=O)c2c(C)n[nH]c2C)n1. The molecule has 2 rings (SSSR count). The number of nitrogens with zero attached hydrogens (tertiary/aromatic N) is 3. The number of aryl methyl sites for hydroxylation is 3. The molecule has 0 fully saturated rings. The Hall–Kier alpha value is -1.74. The van der Waals surface area contributed by atoms with Gasteiger partial charge >= 0.3 is 0 Å². The average Bonchev–Trinajstić information content (AvgIpc) is 2.86. The van der Waals surface area contributed by atoms with Gasteiger partial charge in [-0.3, -0.25) is 5.10 Å². The third kappa shape index (κ3) is 2.99. The first-order valence-electron chi connectivity index (χ1n) is 5.70. The summed E-state index contributed by atoms with van der Waals surface area (Å²) in [6.45, 7) is 5.19. The van der Waals surface area contributed by atoms with Crippen molar-refractivity contribution in [3.63, 3.8) is 0 Å². The molecule has 9 heteroatoms. The van der Waals surface area contributed by atoms with E-state index in [1.165, 1.54) is 0 Å². The molecule has 2 aromatic rings.